The number of nitrogens with zero attached hydrogens (tertiary/aromatic N) is 2. The third-order valence-corrected chi connectivity index (χ3v) is 6.57. The molecule has 0 radical (unpaired) electrons. The Labute approximate surface area is 201 Å². The number of pyridine rings is 1. The van der Waals surface area contributed by atoms with E-state index in [1.807, 2.05) is 0 Å². The zero-order chi connectivity index (χ0) is 24.4. The maximum Gasteiger partial charge on any atom is 0.404 e. The van der Waals surface area contributed by atoms with Gasteiger partial charge in [0.05, 0.1) is 32.4 Å². The fraction of sp³-hybridized carbons (Fsp3) is 0.435. The van der Waals surface area contributed by atoms with E-state index in [9.17, 15) is 9.59 Å². The van der Waals surface area contributed by atoms with Crippen molar-refractivity contribution in [2.24, 2.45) is 0 Å². The van der Waals surface area contributed by atoms with Crippen molar-refractivity contribution in [2.45, 2.75) is 50.9 Å². The normalized spacial score (nSPS) is 19.5. The number of rotatable bonds is 7. The number of carbonyl (C=O) groups excluding carboxylic acids is 1. The van der Waals surface area contributed by atoms with Crippen molar-refractivity contribution in [3.8, 4) is 11.5 Å². The van der Waals surface area contributed by atoms with Gasteiger partial charge in [0.25, 0.3) is 5.91 Å². The molecule has 3 N–H and O–H groups in total. The van der Waals surface area contributed by atoms with E-state index in [1.54, 1.807) is 25.3 Å². The molecule has 0 bridgehead atoms. The van der Waals surface area contributed by atoms with Crippen molar-refractivity contribution in [1.29, 1.82) is 0 Å². The van der Waals surface area contributed by atoms with Crippen LogP contribution in [0.25, 0.3) is 0 Å². The lowest BCUT2D eigenvalue weighted by Gasteiger charge is -2.32. The van der Waals surface area contributed by atoms with Crippen LogP contribution < -0.4 is 20.1 Å². The molecule has 2 unspecified atom stereocenters. The second-order valence-corrected chi connectivity index (χ2v) is 8.71. The third kappa shape index (κ3) is 4.68. The Hall–Kier alpha value is -3.27. The van der Waals surface area contributed by atoms with Crippen molar-refractivity contribution < 1.29 is 28.6 Å². The highest BCUT2D eigenvalue weighted by Crippen LogP contribution is 2.36. The summed E-state index contributed by atoms with van der Waals surface area (Å²) < 4.78 is 26.1. The van der Waals surface area contributed by atoms with Gasteiger partial charge in [-0.05, 0) is 25.0 Å². The van der Waals surface area contributed by atoms with Crippen molar-refractivity contribution >= 4 is 29.4 Å². The number of hydrogen-bond donors (Lipinski definition) is 3. The lowest BCUT2D eigenvalue weighted by molar-refractivity contribution is 0.0765. The van der Waals surface area contributed by atoms with Gasteiger partial charge in [0, 0.05) is 29.8 Å². The molecule has 2 aromatic rings. The molecule has 1 aliphatic heterocycles. The minimum Gasteiger partial charge on any atom is -0.497 e. The summed E-state index contributed by atoms with van der Waals surface area (Å²) in [6.07, 6.45) is 1.92. The molecule has 182 valence electrons. The topological polar surface area (TPSA) is 113 Å². The number of fused-ring (bicyclic) bond motifs is 1. The largest absolute Gasteiger partial charge is 0.497 e. The average molecular weight is 493 g/mol. The smallest absolute Gasteiger partial charge is 0.404 e. The number of hydrogen-bond acceptors (Lipinski definition) is 6. The highest BCUT2D eigenvalue weighted by Gasteiger charge is 2.36. The van der Waals surface area contributed by atoms with E-state index in [0.29, 0.717) is 24.3 Å². The summed E-state index contributed by atoms with van der Waals surface area (Å²) >= 11 is 6.33. The Balaban J connectivity index is 1.57. The number of carboxylic acid groups (broad SMARTS) is 1. The van der Waals surface area contributed by atoms with Gasteiger partial charge in [-0.25, -0.2) is 14.2 Å². The summed E-state index contributed by atoms with van der Waals surface area (Å²) in [5.74, 6) is 0.00786. The Morgan fingerprint density at radius 2 is 2.00 bits per heavy atom. The number of halogens is 2. The molecule has 2 heterocycles. The highest BCUT2D eigenvalue weighted by atomic mass is 35.5. The number of ether oxygens (including phenoxy) is 2. The van der Waals surface area contributed by atoms with Crippen molar-refractivity contribution in [1.82, 2.24) is 15.2 Å². The summed E-state index contributed by atoms with van der Waals surface area (Å²) in [7, 11) is 3.07. The number of nitrogens with one attached hydrogen (secondary N) is 2. The van der Waals surface area contributed by atoms with Gasteiger partial charge >= 0.3 is 6.09 Å². The lowest BCUT2D eigenvalue weighted by Crippen LogP contribution is -2.48. The molecular formula is C23H26ClFN4O5. The SMILES string of the molecule is COc1ccc(CN2Cc3c(F)c(NC4CCCCC4NC(=O)O)nc(Cl)c3C2=O)c(OC)c1. The second kappa shape index (κ2) is 9.92. The van der Waals surface area contributed by atoms with Gasteiger partial charge < -0.3 is 30.1 Å². The van der Waals surface area contributed by atoms with E-state index in [1.165, 1.54) is 12.0 Å². The number of benzene rings is 1. The first-order valence-electron chi connectivity index (χ1n) is 11.0. The van der Waals surface area contributed by atoms with Crippen molar-refractivity contribution in [3.63, 3.8) is 0 Å². The van der Waals surface area contributed by atoms with E-state index >= 15 is 4.39 Å². The summed E-state index contributed by atoms with van der Waals surface area (Å²) in [6, 6.07) is 4.55. The van der Waals surface area contributed by atoms with Gasteiger partial charge in [-0.2, -0.15) is 0 Å². The van der Waals surface area contributed by atoms with Gasteiger partial charge in [-0.3, -0.25) is 4.79 Å². The molecule has 2 amide bonds. The van der Waals surface area contributed by atoms with Gasteiger partial charge in [0.15, 0.2) is 11.6 Å². The number of amides is 2. The predicted molar refractivity (Wildman–Crippen MR) is 123 cm³/mol. The van der Waals surface area contributed by atoms with Crippen LogP contribution in [-0.4, -0.2) is 53.3 Å². The van der Waals surface area contributed by atoms with Gasteiger partial charge in [0.2, 0.25) is 0 Å². The zero-order valence-corrected chi connectivity index (χ0v) is 19.6. The number of carbonyl (C=O) groups is 2. The Kier molecular flexibility index (Phi) is 6.97. The predicted octanol–water partition coefficient (Wildman–Crippen LogP) is 4.04. The third-order valence-electron chi connectivity index (χ3n) is 6.29. The van der Waals surface area contributed by atoms with Crippen LogP contribution in [0.2, 0.25) is 5.15 Å². The quantitative estimate of drug-likeness (QED) is 0.500. The Morgan fingerprint density at radius 1 is 1.26 bits per heavy atom. The molecule has 1 saturated carbocycles. The number of methoxy groups -OCH3 is 2. The molecule has 34 heavy (non-hydrogen) atoms. The zero-order valence-electron chi connectivity index (χ0n) is 18.9. The van der Waals surface area contributed by atoms with Crippen LogP contribution in [0.1, 0.15) is 47.2 Å². The molecule has 1 aliphatic carbocycles. The van der Waals surface area contributed by atoms with Crippen LogP contribution >= 0.6 is 11.6 Å². The first kappa shape index (κ1) is 23.9. The van der Waals surface area contributed by atoms with Gasteiger partial charge in [-0.1, -0.05) is 24.4 Å². The monoisotopic (exact) mass is 492 g/mol. The van der Waals surface area contributed by atoms with Crippen LogP contribution in [0, 0.1) is 5.82 Å². The van der Waals surface area contributed by atoms with Crippen molar-refractivity contribution in [3.05, 3.63) is 45.9 Å². The molecular weight excluding hydrogens is 467 g/mol. The van der Waals surface area contributed by atoms with E-state index < -0.39 is 17.8 Å². The molecule has 11 heteroatoms. The minimum atomic E-state index is -1.13. The molecule has 1 aromatic carbocycles. The maximum atomic E-state index is 15.5. The fourth-order valence-electron chi connectivity index (χ4n) is 4.59. The van der Waals surface area contributed by atoms with Gasteiger partial charge in [-0.15, -0.1) is 0 Å². The van der Waals surface area contributed by atoms with Crippen LogP contribution in [0.4, 0.5) is 15.0 Å². The van der Waals surface area contributed by atoms with E-state index in [2.05, 4.69) is 15.6 Å². The van der Waals surface area contributed by atoms with Gasteiger partial charge in [0.1, 0.15) is 16.7 Å². The molecule has 4 rings (SSSR count). The molecule has 2 atom stereocenters. The first-order chi connectivity index (χ1) is 16.3. The minimum absolute atomic E-state index is 0.0214. The summed E-state index contributed by atoms with van der Waals surface area (Å²) in [6.45, 7) is 0.208. The number of aromatic nitrogens is 1. The Morgan fingerprint density at radius 3 is 2.68 bits per heavy atom. The van der Waals surface area contributed by atoms with E-state index in [0.717, 1.165) is 18.4 Å². The maximum absolute atomic E-state index is 15.5. The van der Waals surface area contributed by atoms with Crippen LogP contribution in [-0.2, 0) is 13.1 Å². The molecule has 0 saturated heterocycles. The van der Waals surface area contributed by atoms with E-state index in [4.69, 9.17) is 26.2 Å². The van der Waals surface area contributed by atoms with Crippen LogP contribution in [0.15, 0.2) is 18.2 Å². The standard InChI is InChI=1S/C23H26ClFN4O5/c1-33-13-8-7-12(17(9-13)34-2)10-29-11-14-18(22(29)30)20(24)28-21(19(14)25)26-15-5-3-4-6-16(15)27-23(31)32/h7-9,15-16,27H,3-6,10-11H2,1-2H3,(H,26,28)(H,31,32). The number of anilines is 1. The lowest BCUT2D eigenvalue weighted by atomic mass is 9.90. The second-order valence-electron chi connectivity index (χ2n) is 8.35. The van der Waals surface area contributed by atoms with Crippen LogP contribution in [0.5, 0.6) is 11.5 Å². The molecule has 2 aliphatic rings. The average Bonchev–Trinajstić information content (AvgIpc) is 3.15. The highest BCUT2D eigenvalue weighted by molar-refractivity contribution is 6.33. The van der Waals surface area contributed by atoms with Crippen molar-refractivity contribution in [2.75, 3.05) is 19.5 Å². The first-order valence-corrected chi connectivity index (χ1v) is 11.3. The Bertz CT molecular complexity index is 1120. The summed E-state index contributed by atoms with van der Waals surface area (Å²) in [5, 5.41) is 14.5. The summed E-state index contributed by atoms with van der Waals surface area (Å²) in [5.41, 5.74) is 0.941. The molecule has 9 nitrogen and oxygen atoms in total. The van der Waals surface area contributed by atoms with Crippen LogP contribution in [0.3, 0.4) is 0 Å². The molecule has 1 fully saturated rings. The molecule has 1 aromatic heterocycles. The van der Waals surface area contributed by atoms with E-state index in [-0.39, 0.29) is 47.3 Å². The summed E-state index contributed by atoms with van der Waals surface area (Å²) in [4.78, 5) is 29.8. The fourth-order valence-corrected chi connectivity index (χ4v) is 4.87. The molecule has 0 spiro atoms.